The first-order valence-corrected chi connectivity index (χ1v) is 8.99. The minimum absolute atomic E-state index is 0.0625. The molecular weight excluding hydrogens is 379 g/mol. The first kappa shape index (κ1) is 18.7. The van der Waals surface area contributed by atoms with Gasteiger partial charge < -0.3 is 0 Å². The zero-order valence-electron chi connectivity index (χ0n) is 13.2. The van der Waals surface area contributed by atoms with E-state index in [1.54, 1.807) is 0 Å². The molecule has 1 aliphatic rings. The quantitative estimate of drug-likeness (QED) is 0.751. The van der Waals surface area contributed by atoms with Crippen molar-refractivity contribution in [2.75, 3.05) is 13.1 Å². The van der Waals surface area contributed by atoms with Gasteiger partial charge in [-0.2, -0.15) is 17.5 Å². The van der Waals surface area contributed by atoms with Crippen LogP contribution in [0.4, 0.5) is 22.0 Å². The zero-order chi connectivity index (χ0) is 19.1. The summed E-state index contributed by atoms with van der Waals surface area (Å²) in [5.41, 5.74) is -1.10. The van der Waals surface area contributed by atoms with Gasteiger partial charge in [0.1, 0.15) is 11.6 Å². The summed E-state index contributed by atoms with van der Waals surface area (Å²) in [7, 11) is -4.41. The van der Waals surface area contributed by atoms with E-state index in [4.69, 9.17) is 0 Å². The first-order chi connectivity index (χ1) is 12.1. The molecule has 0 aliphatic carbocycles. The number of hydrogen-bond acceptors (Lipinski definition) is 3. The zero-order valence-corrected chi connectivity index (χ0v) is 14.0. The number of benzene rings is 1. The highest BCUT2D eigenvalue weighted by Gasteiger charge is 2.43. The lowest BCUT2D eigenvalue weighted by molar-refractivity contribution is -0.140. The number of aromatic nitrogens is 1. The lowest BCUT2D eigenvalue weighted by atomic mass is 9.94. The standard InChI is InChI=1S/C16H13F5N2O2S/c17-12-4-3-11(14(18)7-12)6-10-8-23(9-10)26(24,25)15-13(16(19,20)21)2-1-5-22-15/h1-5,7,10H,6,8-9H2. The molecule has 1 saturated heterocycles. The summed E-state index contributed by atoms with van der Waals surface area (Å²) in [6.45, 7) is -0.125. The molecule has 1 aromatic carbocycles. The van der Waals surface area contributed by atoms with Crippen molar-refractivity contribution in [3.63, 3.8) is 0 Å². The van der Waals surface area contributed by atoms with Gasteiger partial charge in [-0.15, -0.1) is 0 Å². The summed E-state index contributed by atoms with van der Waals surface area (Å²) < 4.78 is 91.3. The summed E-state index contributed by atoms with van der Waals surface area (Å²) in [5.74, 6) is -1.74. The third-order valence-electron chi connectivity index (χ3n) is 4.11. The third-order valence-corrected chi connectivity index (χ3v) is 5.90. The number of alkyl halides is 3. The van der Waals surface area contributed by atoms with Crippen LogP contribution in [0.5, 0.6) is 0 Å². The van der Waals surface area contributed by atoms with Gasteiger partial charge in [0, 0.05) is 25.4 Å². The second kappa shape index (κ2) is 6.58. The predicted octanol–water partition coefficient (Wildman–Crippen LogP) is 3.24. The highest BCUT2D eigenvalue weighted by Crippen LogP contribution is 2.36. The molecule has 0 atom stereocenters. The van der Waals surface area contributed by atoms with Crippen molar-refractivity contribution in [3.05, 3.63) is 59.3 Å². The molecule has 0 bridgehead atoms. The Morgan fingerprint density at radius 3 is 2.46 bits per heavy atom. The highest BCUT2D eigenvalue weighted by atomic mass is 32.2. The predicted molar refractivity (Wildman–Crippen MR) is 81.5 cm³/mol. The topological polar surface area (TPSA) is 50.3 Å². The Hall–Kier alpha value is -2.07. The lowest BCUT2D eigenvalue weighted by Crippen LogP contribution is -2.51. The molecule has 0 N–H and O–H groups in total. The van der Waals surface area contributed by atoms with Gasteiger partial charge in [0.25, 0.3) is 10.0 Å². The molecule has 10 heteroatoms. The smallest absolute Gasteiger partial charge is 0.243 e. The largest absolute Gasteiger partial charge is 0.419 e. The molecule has 2 aromatic rings. The van der Waals surface area contributed by atoms with E-state index in [9.17, 15) is 30.4 Å². The van der Waals surface area contributed by atoms with Gasteiger partial charge in [-0.05, 0) is 36.1 Å². The molecule has 4 nitrogen and oxygen atoms in total. The van der Waals surface area contributed by atoms with Crippen LogP contribution in [-0.2, 0) is 22.6 Å². The van der Waals surface area contributed by atoms with Crippen molar-refractivity contribution in [2.24, 2.45) is 5.92 Å². The number of sulfonamides is 1. The Morgan fingerprint density at radius 2 is 1.85 bits per heavy atom. The Morgan fingerprint density at radius 1 is 1.15 bits per heavy atom. The van der Waals surface area contributed by atoms with Gasteiger partial charge in [0.2, 0.25) is 0 Å². The van der Waals surface area contributed by atoms with Crippen molar-refractivity contribution in [2.45, 2.75) is 17.6 Å². The van der Waals surface area contributed by atoms with Gasteiger partial charge in [-0.3, -0.25) is 0 Å². The van der Waals surface area contributed by atoms with Crippen molar-refractivity contribution < 1.29 is 30.4 Å². The molecular formula is C16H13F5N2O2S. The van der Waals surface area contributed by atoms with Crippen molar-refractivity contribution in [1.29, 1.82) is 0 Å². The average Bonchev–Trinajstić information content (AvgIpc) is 2.51. The van der Waals surface area contributed by atoms with Crippen LogP contribution in [0.25, 0.3) is 0 Å². The Kier molecular flexibility index (Phi) is 4.74. The molecule has 3 rings (SSSR count). The number of nitrogens with zero attached hydrogens (tertiary/aromatic N) is 2. The monoisotopic (exact) mass is 392 g/mol. The third kappa shape index (κ3) is 3.56. The summed E-state index contributed by atoms with van der Waals surface area (Å²) in [6, 6.07) is 4.76. The molecule has 26 heavy (non-hydrogen) atoms. The number of rotatable bonds is 4. The normalized spacial score (nSPS) is 16.5. The summed E-state index contributed by atoms with van der Waals surface area (Å²) >= 11 is 0. The first-order valence-electron chi connectivity index (χ1n) is 7.55. The van der Waals surface area contributed by atoms with E-state index < -0.39 is 38.4 Å². The van der Waals surface area contributed by atoms with Crippen LogP contribution in [0.2, 0.25) is 0 Å². The molecule has 1 aliphatic heterocycles. The van der Waals surface area contributed by atoms with Crippen molar-refractivity contribution in [3.8, 4) is 0 Å². The van der Waals surface area contributed by atoms with Gasteiger partial charge in [0.05, 0.1) is 5.56 Å². The van der Waals surface area contributed by atoms with E-state index in [0.29, 0.717) is 6.07 Å². The Bertz CT molecular complexity index is 924. The molecule has 0 radical (unpaired) electrons. The van der Waals surface area contributed by atoms with Crippen LogP contribution in [0.1, 0.15) is 11.1 Å². The van der Waals surface area contributed by atoms with E-state index in [1.165, 1.54) is 6.07 Å². The minimum atomic E-state index is -4.85. The van der Waals surface area contributed by atoms with Gasteiger partial charge >= 0.3 is 6.18 Å². The average molecular weight is 392 g/mol. The fourth-order valence-corrected chi connectivity index (χ4v) is 4.49. The highest BCUT2D eigenvalue weighted by molar-refractivity contribution is 7.89. The van der Waals surface area contributed by atoms with E-state index in [1.807, 2.05) is 0 Å². The lowest BCUT2D eigenvalue weighted by Gasteiger charge is -2.38. The SMILES string of the molecule is O=S(=O)(c1ncccc1C(F)(F)F)N1CC(Cc2ccc(F)cc2F)C1. The van der Waals surface area contributed by atoms with Crippen molar-refractivity contribution in [1.82, 2.24) is 9.29 Å². The van der Waals surface area contributed by atoms with E-state index in [0.717, 1.165) is 28.7 Å². The van der Waals surface area contributed by atoms with Crippen LogP contribution < -0.4 is 0 Å². The van der Waals surface area contributed by atoms with Crippen LogP contribution in [0, 0.1) is 17.6 Å². The molecule has 1 aromatic heterocycles. The van der Waals surface area contributed by atoms with E-state index in [2.05, 4.69) is 4.98 Å². The maximum absolute atomic E-state index is 13.6. The van der Waals surface area contributed by atoms with Crippen molar-refractivity contribution >= 4 is 10.0 Å². The molecule has 140 valence electrons. The Labute approximate surface area is 146 Å². The number of hydrogen-bond donors (Lipinski definition) is 0. The molecule has 0 saturated carbocycles. The van der Waals surface area contributed by atoms with Gasteiger partial charge in [0.15, 0.2) is 5.03 Å². The minimum Gasteiger partial charge on any atom is -0.243 e. The second-order valence-electron chi connectivity index (χ2n) is 5.98. The van der Waals surface area contributed by atoms with E-state index in [-0.39, 0.29) is 31.0 Å². The second-order valence-corrected chi connectivity index (χ2v) is 7.84. The van der Waals surface area contributed by atoms with Crippen LogP contribution >= 0.6 is 0 Å². The van der Waals surface area contributed by atoms with Gasteiger partial charge in [-0.1, -0.05) is 6.07 Å². The Balaban J connectivity index is 1.74. The van der Waals surface area contributed by atoms with Crippen LogP contribution in [0.3, 0.4) is 0 Å². The maximum Gasteiger partial charge on any atom is 0.419 e. The van der Waals surface area contributed by atoms with Crippen LogP contribution in [0.15, 0.2) is 41.6 Å². The number of halogens is 5. The number of pyridine rings is 1. The van der Waals surface area contributed by atoms with E-state index >= 15 is 0 Å². The molecule has 1 fully saturated rings. The molecule has 0 unspecified atom stereocenters. The molecule has 0 spiro atoms. The van der Waals surface area contributed by atoms with Crippen LogP contribution in [-0.4, -0.2) is 30.8 Å². The summed E-state index contributed by atoms with van der Waals surface area (Å²) in [4.78, 5) is 3.40. The molecule has 2 heterocycles. The summed E-state index contributed by atoms with van der Waals surface area (Å²) in [5, 5.41) is -1.04. The summed E-state index contributed by atoms with van der Waals surface area (Å²) in [6.07, 6.45) is -3.71. The van der Waals surface area contributed by atoms with Gasteiger partial charge in [-0.25, -0.2) is 22.2 Å². The molecule has 0 amide bonds. The fraction of sp³-hybridized carbons (Fsp3) is 0.312. The fourth-order valence-electron chi connectivity index (χ4n) is 2.78. The maximum atomic E-state index is 13.6.